The smallest absolute Gasteiger partial charge is 0.414 e. The van der Waals surface area contributed by atoms with Gasteiger partial charge < -0.3 is 4.74 Å². The summed E-state index contributed by atoms with van der Waals surface area (Å²) in [6, 6.07) is 4.49. The number of ether oxygens (including phenoxy) is 1. The Morgan fingerprint density at radius 2 is 1.96 bits per heavy atom. The average molecular weight is 357 g/mol. The van der Waals surface area contributed by atoms with Crippen LogP contribution in [0.5, 0.6) is 0 Å². The summed E-state index contributed by atoms with van der Waals surface area (Å²) < 4.78 is 22.8. The number of amides is 1. The number of aromatic nitrogens is 6. The normalized spacial score (nSPS) is 17.0. The second-order valence-electron chi connectivity index (χ2n) is 6.14. The maximum atomic E-state index is 14.5. The van der Waals surface area contributed by atoms with Gasteiger partial charge in [0.1, 0.15) is 11.8 Å². The van der Waals surface area contributed by atoms with Gasteiger partial charge in [0.15, 0.2) is 5.82 Å². The predicted octanol–water partition coefficient (Wildman–Crippen LogP) is 1.64. The summed E-state index contributed by atoms with van der Waals surface area (Å²) in [5.74, 6) is -0.504. The maximum Gasteiger partial charge on any atom is 0.414 e. The fourth-order valence-corrected chi connectivity index (χ4v) is 2.84. The lowest BCUT2D eigenvalue weighted by molar-refractivity contribution is 0.129. The van der Waals surface area contributed by atoms with Crippen LogP contribution in [0.4, 0.5) is 14.9 Å². The van der Waals surface area contributed by atoms with Crippen molar-refractivity contribution in [3.63, 3.8) is 0 Å². The van der Waals surface area contributed by atoms with E-state index < -0.39 is 11.9 Å². The van der Waals surface area contributed by atoms with Gasteiger partial charge in [-0.2, -0.15) is 0 Å². The van der Waals surface area contributed by atoms with Crippen molar-refractivity contribution in [2.75, 3.05) is 11.4 Å². The van der Waals surface area contributed by atoms with Crippen LogP contribution >= 0.6 is 0 Å². The second-order valence-corrected chi connectivity index (χ2v) is 6.14. The number of rotatable bonds is 4. The molecule has 2 aromatic heterocycles. The molecule has 1 atom stereocenters. The van der Waals surface area contributed by atoms with Crippen LogP contribution in [0.25, 0.3) is 5.69 Å². The lowest BCUT2D eigenvalue weighted by Gasteiger charge is -2.14. The number of hydrogen-bond donors (Lipinski definition) is 0. The minimum Gasteiger partial charge on any atom is -0.442 e. The molecule has 134 valence electrons. The van der Waals surface area contributed by atoms with Gasteiger partial charge in [0.2, 0.25) is 0 Å². The molecule has 0 spiro atoms. The van der Waals surface area contributed by atoms with Crippen LogP contribution in [-0.2, 0) is 11.3 Å². The topological polar surface area (TPSA) is 91.0 Å². The van der Waals surface area contributed by atoms with E-state index in [1.807, 2.05) is 6.92 Å². The number of carbonyl (C=O) groups excluding carboxylic acids is 1. The van der Waals surface area contributed by atoms with Gasteiger partial charge in [0.05, 0.1) is 36.4 Å². The highest BCUT2D eigenvalue weighted by Crippen LogP contribution is 2.25. The molecule has 1 aliphatic heterocycles. The fraction of sp³-hybridized carbons (Fsp3) is 0.312. The minimum atomic E-state index is -0.518. The maximum absolute atomic E-state index is 14.5. The van der Waals surface area contributed by atoms with Crippen molar-refractivity contribution in [1.82, 2.24) is 30.0 Å². The largest absolute Gasteiger partial charge is 0.442 e. The highest BCUT2D eigenvalue weighted by Gasteiger charge is 2.33. The Hall–Kier alpha value is -3.30. The van der Waals surface area contributed by atoms with Crippen LogP contribution in [0.1, 0.15) is 11.4 Å². The summed E-state index contributed by atoms with van der Waals surface area (Å²) in [6.45, 7) is 4.30. The Balaban J connectivity index is 1.52. The first-order chi connectivity index (χ1) is 12.5. The second kappa shape index (κ2) is 6.21. The molecular weight excluding hydrogens is 341 g/mol. The van der Waals surface area contributed by atoms with Gasteiger partial charge in [0, 0.05) is 6.20 Å². The molecule has 3 heterocycles. The molecule has 0 saturated carbocycles. The Morgan fingerprint density at radius 1 is 1.19 bits per heavy atom. The number of halogens is 1. The zero-order valence-corrected chi connectivity index (χ0v) is 14.2. The Bertz CT molecular complexity index is 967. The molecule has 0 radical (unpaired) electrons. The molecule has 0 unspecified atom stereocenters. The van der Waals surface area contributed by atoms with Crippen molar-refractivity contribution in [2.45, 2.75) is 26.5 Å². The van der Waals surface area contributed by atoms with E-state index in [0.29, 0.717) is 24.5 Å². The van der Waals surface area contributed by atoms with E-state index in [2.05, 4.69) is 20.6 Å². The third-order valence-electron chi connectivity index (χ3n) is 4.02. The molecule has 0 bridgehead atoms. The van der Waals surface area contributed by atoms with Crippen molar-refractivity contribution in [1.29, 1.82) is 0 Å². The molecule has 9 nitrogen and oxygen atoms in total. The van der Waals surface area contributed by atoms with Crippen LogP contribution in [0.15, 0.2) is 30.6 Å². The lowest BCUT2D eigenvalue weighted by Crippen LogP contribution is -2.26. The molecule has 4 rings (SSSR count). The fourth-order valence-electron chi connectivity index (χ4n) is 2.84. The number of cyclic esters (lactones) is 1. The highest BCUT2D eigenvalue weighted by atomic mass is 19.1. The lowest BCUT2D eigenvalue weighted by atomic mass is 10.2. The molecule has 1 fully saturated rings. The first-order valence-corrected chi connectivity index (χ1v) is 8.03. The Labute approximate surface area is 148 Å². The number of carbonyl (C=O) groups is 1. The van der Waals surface area contributed by atoms with Gasteiger partial charge in [-0.1, -0.05) is 10.4 Å². The third kappa shape index (κ3) is 3.01. The average Bonchev–Trinajstić information content (AvgIpc) is 3.29. The van der Waals surface area contributed by atoms with Crippen molar-refractivity contribution in [3.05, 3.63) is 47.8 Å². The van der Waals surface area contributed by atoms with E-state index in [1.165, 1.54) is 15.6 Å². The number of anilines is 1. The molecule has 1 saturated heterocycles. The molecule has 10 heteroatoms. The highest BCUT2D eigenvalue weighted by molar-refractivity contribution is 5.89. The number of nitrogens with zero attached hydrogens (tertiary/aromatic N) is 7. The summed E-state index contributed by atoms with van der Waals surface area (Å²) >= 11 is 0. The van der Waals surface area contributed by atoms with Crippen molar-refractivity contribution >= 4 is 11.8 Å². The summed E-state index contributed by atoms with van der Waals surface area (Å²) in [5, 5.41) is 15.5. The zero-order chi connectivity index (χ0) is 18.3. The van der Waals surface area contributed by atoms with Crippen LogP contribution in [0.3, 0.4) is 0 Å². The molecule has 0 aliphatic carbocycles. The Kier molecular flexibility index (Phi) is 3.86. The van der Waals surface area contributed by atoms with Gasteiger partial charge in [-0.3, -0.25) is 4.90 Å². The summed E-state index contributed by atoms with van der Waals surface area (Å²) in [6.07, 6.45) is 2.49. The molecule has 1 aromatic carbocycles. The van der Waals surface area contributed by atoms with E-state index in [1.54, 1.807) is 36.1 Å². The molecule has 0 N–H and O–H groups in total. The third-order valence-corrected chi connectivity index (χ3v) is 4.02. The predicted molar refractivity (Wildman–Crippen MR) is 88.4 cm³/mol. The Morgan fingerprint density at radius 3 is 2.62 bits per heavy atom. The van der Waals surface area contributed by atoms with E-state index in [-0.39, 0.29) is 11.8 Å². The summed E-state index contributed by atoms with van der Waals surface area (Å²) in [7, 11) is 0. The van der Waals surface area contributed by atoms with E-state index in [0.717, 1.165) is 5.69 Å². The van der Waals surface area contributed by atoms with Crippen LogP contribution in [0, 0.1) is 19.7 Å². The van der Waals surface area contributed by atoms with Crippen LogP contribution in [-0.4, -0.2) is 48.7 Å². The van der Waals surface area contributed by atoms with E-state index in [4.69, 9.17) is 4.74 Å². The first-order valence-electron chi connectivity index (χ1n) is 8.03. The standard InChI is InChI=1S/C16H16FN7O2/c1-10-6-22(20-18-10)8-13-9-23(16(25)26-13)12-3-4-15(14(17)5-12)24-7-11(2)19-21-24/h3-7,13H,8-9H2,1-2H3/t13-/m0/s1. The van der Waals surface area contributed by atoms with Crippen molar-refractivity contribution < 1.29 is 13.9 Å². The van der Waals surface area contributed by atoms with E-state index >= 15 is 0 Å². The zero-order valence-electron chi connectivity index (χ0n) is 14.2. The van der Waals surface area contributed by atoms with Crippen molar-refractivity contribution in [3.8, 4) is 5.69 Å². The van der Waals surface area contributed by atoms with Crippen molar-refractivity contribution in [2.24, 2.45) is 0 Å². The monoisotopic (exact) mass is 357 g/mol. The molecule has 26 heavy (non-hydrogen) atoms. The SMILES string of the molecule is Cc1cn(C[C@H]2CN(c3ccc(-n4cc(C)nn4)c(F)c3)C(=O)O2)nn1. The van der Waals surface area contributed by atoms with Crippen LogP contribution in [0.2, 0.25) is 0 Å². The van der Waals surface area contributed by atoms with Gasteiger partial charge in [0.25, 0.3) is 0 Å². The first kappa shape index (κ1) is 16.2. The summed E-state index contributed by atoms with van der Waals surface area (Å²) in [4.78, 5) is 13.6. The van der Waals surface area contributed by atoms with Gasteiger partial charge in [-0.25, -0.2) is 18.5 Å². The molecule has 3 aromatic rings. The van der Waals surface area contributed by atoms with Crippen LogP contribution < -0.4 is 4.90 Å². The number of aryl methyl sites for hydroxylation is 2. The summed E-state index contributed by atoms with van der Waals surface area (Å²) in [5.41, 5.74) is 2.15. The van der Waals surface area contributed by atoms with Gasteiger partial charge in [-0.05, 0) is 32.0 Å². The quantitative estimate of drug-likeness (QED) is 0.705. The number of hydrogen-bond acceptors (Lipinski definition) is 6. The van der Waals surface area contributed by atoms with Gasteiger partial charge >= 0.3 is 6.09 Å². The molecule has 1 amide bonds. The molecular formula is C16H16FN7O2. The van der Waals surface area contributed by atoms with E-state index in [9.17, 15) is 9.18 Å². The minimum absolute atomic E-state index is 0.261. The number of benzene rings is 1. The molecule has 1 aliphatic rings. The van der Waals surface area contributed by atoms with Gasteiger partial charge in [-0.15, -0.1) is 10.2 Å².